The molecule has 0 radical (unpaired) electrons. The van der Waals surface area contributed by atoms with Crippen LogP contribution in [0.15, 0.2) is 42.7 Å². The zero-order valence-electron chi connectivity index (χ0n) is 15.6. The van der Waals surface area contributed by atoms with E-state index in [1.807, 2.05) is 30.6 Å². The third-order valence-corrected chi connectivity index (χ3v) is 5.59. The third kappa shape index (κ3) is 5.79. The van der Waals surface area contributed by atoms with E-state index in [9.17, 15) is 0 Å². The second kappa shape index (κ2) is 10.2. The highest BCUT2D eigenvalue weighted by Gasteiger charge is 2.38. The minimum atomic E-state index is 0. The summed E-state index contributed by atoms with van der Waals surface area (Å²) in [7, 11) is 0. The number of rotatable bonds is 5. The standard InChI is InChI=1S/C20H27N5.2ClH/c1-2-4-17(5-3-1)12-22-19-23-13-18(14-24-19)15-25-11-8-20(16-25)6-9-21-10-7-20;;/h1-5,13-14,21H,6-12,15-16H2,(H,22,23,24);2*1H. The number of benzene rings is 1. The molecule has 5 nitrogen and oxygen atoms in total. The minimum absolute atomic E-state index is 0. The molecule has 1 spiro atoms. The first-order chi connectivity index (χ1) is 12.3. The van der Waals surface area contributed by atoms with E-state index in [0.717, 1.165) is 13.1 Å². The molecule has 1 aromatic carbocycles. The van der Waals surface area contributed by atoms with Crippen LogP contribution in [0.5, 0.6) is 0 Å². The lowest BCUT2D eigenvalue weighted by molar-refractivity contribution is 0.194. The molecule has 2 aliphatic heterocycles. The van der Waals surface area contributed by atoms with Crippen LogP contribution < -0.4 is 10.6 Å². The van der Waals surface area contributed by atoms with Crippen LogP contribution in [0.3, 0.4) is 0 Å². The van der Waals surface area contributed by atoms with Crippen LogP contribution in [-0.2, 0) is 13.1 Å². The van der Waals surface area contributed by atoms with E-state index in [2.05, 4.69) is 37.6 Å². The monoisotopic (exact) mass is 409 g/mol. The molecule has 0 unspecified atom stereocenters. The topological polar surface area (TPSA) is 53.1 Å². The van der Waals surface area contributed by atoms with Crippen molar-refractivity contribution in [3.8, 4) is 0 Å². The fourth-order valence-electron chi connectivity index (χ4n) is 4.09. The molecular weight excluding hydrogens is 381 g/mol. The van der Waals surface area contributed by atoms with Crippen LogP contribution in [0.25, 0.3) is 0 Å². The highest BCUT2D eigenvalue weighted by molar-refractivity contribution is 5.85. The number of piperidine rings is 1. The van der Waals surface area contributed by atoms with E-state index in [-0.39, 0.29) is 24.8 Å². The Hall–Kier alpha value is -1.40. The molecule has 0 amide bonds. The largest absolute Gasteiger partial charge is 0.350 e. The van der Waals surface area contributed by atoms with Gasteiger partial charge in [0.1, 0.15) is 0 Å². The van der Waals surface area contributed by atoms with E-state index in [4.69, 9.17) is 0 Å². The summed E-state index contributed by atoms with van der Waals surface area (Å²) in [6.45, 7) is 6.51. The van der Waals surface area contributed by atoms with Gasteiger partial charge in [-0.1, -0.05) is 30.3 Å². The van der Waals surface area contributed by atoms with E-state index in [1.165, 1.54) is 56.6 Å². The molecule has 3 heterocycles. The molecule has 2 fully saturated rings. The lowest BCUT2D eigenvalue weighted by Crippen LogP contribution is -2.38. The van der Waals surface area contributed by atoms with E-state index >= 15 is 0 Å². The minimum Gasteiger partial charge on any atom is -0.350 e. The summed E-state index contributed by atoms with van der Waals surface area (Å²) < 4.78 is 0. The fraction of sp³-hybridized carbons (Fsp3) is 0.500. The molecule has 27 heavy (non-hydrogen) atoms. The normalized spacial score (nSPS) is 18.5. The van der Waals surface area contributed by atoms with Gasteiger partial charge in [0.25, 0.3) is 0 Å². The van der Waals surface area contributed by atoms with Crippen molar-refractivity contribution in [2.24, 2.45) is 5.41 Å². The molecule has 2 aromatic rings. The molecule has 4 rings (SSSR count). The molecule has 2 aliphatic rings. The van der Waals surface area contributed by atoms with Crippen LogP contribution in [-0.4, -0.2) is 41.0 Å². The lowest BCUT2D eigenvalue weighted by atomic mass is 9.78. The summed E-state index contributed by atoms with van der Waals surface area (Å²) in [5.41, 5.74) is 3.00. The Morgan fingerprint density at radius 1 is 0.963 bits per heavy atom. The van der Waals surface area contributed by atoms with E-state index < -0.39 is 0 Å². The molecule has 1 aromatic heterocycles. The van der Waals surface area contributed by atoms with Crippen molar-refractivity contribution >= 4 is 30.8 Å². The highest BCUT2D eigenvalue weighted by atomic mass is 35.5. The summed E-state index contributed by atoms with van der Waals surface area (Å²) in [6.07, 6.45) is 7.92. The number of hydrogen-bond donors (Lipinski definition) is 2. The molecule has 7 heteroatoms. The summed E-state index contributed by atoms with van der Waals surface area (Å²) in [5, 5.41) is 6.77. The van der Waals surface area contributed by atoms with Crippen molar-refractivity contribution in [2.45, 2.75) is 32.4 Å². The average Bonchev–Trinajstić information content (AvgIpc) is 3.04. The first-order valence-corrected chi connectivity index (χ1v) is 9.33. The second-order valence-electron chi connectivity index (χ2n) is 7.46. The van der Waals surface area contributed by atoms with Gasteiger partial charge < -0.3 is 10.6 Å². The van der Waals surface area contributed by atoms with Gasteiger partial charge in [0, 0.05) is 37.6 Å². The Kier molecular flexibility index (Phi) is 8.29. The van der Waals surface area contributed by atoms with E-state index in [0.29, 0.717) is 11.4 Å². The van der Waals surface area contributed by atoms with Crippen LogP contribution in [0, 0.1) is 5.41 Å². The lowest BCUT2D eigenvalue weighted by Gasteiger charge is -2.33. The molecule has 0 aliphatic carbocycles. The molecule has 2 saturated heterocycles. The molecule has 148 valence electrons. The van der Waals surface area contributed by atoms with Gasteiger partial charge in [-0.3, -0.25) is 4.90 Å². The number of aromatic nitrogens is 2. The van der Waals surface area contributed by atoms with Crippen LogP contribution >= 0.6 is 24.8 Å². The number of likely N-dealkylation sites (tertiary alicyclic amines) is 1. The maximum atomic E-state index is 4.48. The Morgan fingerprint density at radius 3 is 2.37 bits per heavy atom. The van der Waals surface area contributed by atoms with Crippen molar-refractivity contribution in [1.29, 1.82) is 0 Å². The quantitative estimate of drug-likeness (QED) is 0.790. The Balaban J connectivity index is 0.00000131. The van der Waals surface area contributed by atoms with Crippen molar-refractivity contribution < 1.29 is 0 Å². The fourth-order valence-corrected chi connectivity index (χ4v) is 4.09. The average molecular weight is 410 g/mol. The second-order valence-corrected chi connectivity index (χ2v) is 7.46. The molecular formula is C20H29Cl2N5. The van der Waals surface area contributed by atoms with Gasteiger partial charge in [-0.15, -0.1) is 24.8 Å². The first kappa shape index (κ1) is 21.9. The van der Waals surface area contributed by atoms with Crippen molar-refractivity contribution in [1.82, 2.24) is 20.2 Å². The molecule has 0 atom stereocenters. The van der Waals surface area contributed by atoms with Crippen LogP contribution in [0.2, 0.25) is 0 Å². The summed E-state index contributed by atoms with van der Waals surface area (Å²) >= 11 is 0. The number of anilines is 1. The van der Waals surface area contributed by atoms with Crippen LogP contribution in [0.4, 0.5) is 5.95 Å². The predicted molar refractivity (Wildman–Crippen MR) is 115 cm³/mol. The smallest absolute Gasteiger partial charge is 0.222 e. The van der Waals surface area contributed by atoms with Crippen molar-refractivity contribution in [3.05, 3.63) is 53.9 Å². The van der Waals surface area contributed by atoms with Crippen LogP contribution in [0.1, 0.15) is 30.4 Å². The maximum Gasteiger partial charge on any atom is 0.222 e. The van der Waals surface area contributed by atoms with Gasteiger partial charge in [0.05, 0.1) is 0 Å². The summed E-state index contributed by atoms with van der Waals surface area (Å²) in [4.78, 5) is 11.5. The van der Waals surface area contributed by atoms with Gasteiger partial charge in [0.2, 0.25) is 5.95 Å². The van der Waals surface area contributed by atoms with Gasteiger partial charge in [0.15, 0.2) is 0 Å². The number of nitrogens with one attached hydrogen (secondary N) is 2. The Bertz CT molecular complexity index is 675. The first-order valence-electron chi connectivity index (χ1n) is 9.33. The number of halogens is 2. The number of hydrogen-bond acceptors (Lipinski definition) is 5. The van der Waals surface area contributed by atoms with Gasteiger partial charge in [-0.05, 0) is 49.9 Å². The molecule has 0 saturated carbocycles. The van der Waals surface area contributed by atoms with Crippen molar-refractivity contribution in [3.63, 3.8) is 0 Å². The zero-order valence-corrected chi connectivity index (χ0v) is 17.2. The van der Waals surface area contributed by atoms with Crippen molar-refractivity contribution in [2.75, 3.05) is 31.5 Å². The van der Waals surface area contributed by atoms with Gasteiger partial charge in [-0.2, -0.15) is 0 Å². The van der Waals surface area contributed by atoms with Gasteiger partial charge >= 0.3 is 0 Å². The van der Waals surface area contributed by atoms with E-state index in [1.54, 1.807) is 0 Å². The SMILES string of the molecule is Cl.Cl.c1ccc(CNc2ncc(CN3CCC4(CCNCC4)C3)cn2)cc1. The highest BCUT2D eigenvalue weighted by Crippen LogP contribution is 2.38. The maximum absolute atomic E-state index is 4.48. The predicted octanol–water partition coefficient (Wildman–Crippen LogP) is 3.51. The summed E-state index contributed by atoms with van der Waals surface area (Å²) in [5.74, 6) is 0.698. The van der Waals surface area contributed by atoms with Gasteiger partial charge in [-0.25, -0.2) is 9.97 Å². The third-order valence-electron chi connectivity index (χ3n) is 5.59. The number of nitrogens with zero attached hydrogens (tertiary/aromatic N) is 3. The molecule has 0 bridgehead atoms. The summed E-state index contributed by atoms with van der Waals surface area (Å²) in [6, 6.07) is 10.3. The zero-order chi connectivity index (χ0) is 17.0. The molecule has 2 N–H and O–H groups in total. The Morgan fingerprint density at radius 2 is 1.67 bits per heavy atom. The Labute approximate surface area is 174 Å².